The summed E-state index contributed by atoms with van der Waals surface area (Å²) in [4.78, 5) is 20.8. The highest BCUT2D eigenvalue weighted by Crippen LogP contribution is 2.24. The van der Waals surface area contributed by atoms with Gasteiger partial charge >= 0.3 is 0 Å². The van der Waals surface area contributed by atoms with Gasteiger partial charge in [0.2, 0.25) is 5.91 Å². The Morgan fingerprint density at radius 2 is 1.87 bits per heavy atom. The van der Waals surface area contributed by atoms with Gasteiger partial charge in [-0.15, -0.1) is 0 Å². The van der Waals surface area contributed by atoms with Gasteiger partial charge in [0.15, 0.2) is 0 Å². The molecule has 0 unspecified atom stereocenters. The van der Waals surface area contributed by atoms with Crippen molar-refractivity contribution in [1.29, 1.82) is 0 Å². The molecule has 3 rings (SSSR count). The first-order valence-electron chi connectivity index (χ1n) is 8.13. The molecular weight excluding hydrogens is 286 g/mol. The van der Waals surface area contributed by atoms with E-state index in [1.54, 1.807) is 12.4 Å². The average Bonchev–Trinajstić information content (AvgIpc) is 2.58. The minimum absolute atomic E-state index is 0.193. The summed E-state index contributed by atoms with van der Waals surface area (Å²) in [5.41, 5.74) is 4.93. The van der Waals surface area contributed by atoms with Gasteiger partial charge in [-0.2, -0.15) is 0 Å². The zero-order chi connectivity index (χ0) is 16.2. The van der Waals surface area contributed by atoms with Gasteiger partial charge in [0.1, 0.15) is 0 Å². The number of anilines is 1. The summed E-state index contributed by atoms with van der Waals surface area (Å²) in [6.07, 6.45) is 3.94. The molecule has 1 aliphatic heterocycles. The van der Waals surface area contributed by atoms with E-state index >= 15 is 0 Å². The zero-order valence-electron chi connectivity index (χ0n) is 13.8. The van der Waals surface area contributed by atoms with Crippen molar-refractivity contribution < 1.29 is 4.79 Å². The molecule has 1 amide bonds. The topological polar surface area (TPSA) is 36.4 Å². The molecule has 1 fully saturated rings. The van der Waals surface area contributed by atoms with Gasteiger partial charge in [0.05, 0.1) is 6.42 Å². The minimum Gasteiger partial charge on any atom is -0.368 e. The first-order chi connectivity index (χ1) is 11.1. The predicted molar refractivity (Wildman–Crippen MR) is 92.7 cm³/mol. The Balaban J connectivity index is 1.60. The second-order valence-corrected chi connectivity index (χ2v) is 6.12. The number of carbonyl (C=O) groups is 1. The number of aryl methyl sites for hydroxylation is 1. The van der Waals surface area contributed by atoms with Crippen LogP contribution in [-0.4, -0.2) is 42.0 Å². The minimum atomic E-state index is 0.193. The molecule has 1 aromatic carbocycles. The van der Waals surface area contributed by atoms with Crippen LogP contribution >= 0.6 is 0 Å². The maximum Gasteiger partial charge on any atom is 0.227 e. The van der Waals surface area contributed by atoms with Crippen LogP contribution < -0.4 is 4.90 Å². The van der Waals surface area contributed by atoms with Gasteiger partial charge in [-0.05, 0) is 42.7 Å². The third-order valence-corrected chi connectivity index (χ3v) is 4.63. The highest BCUT2D eigenvalue weighted by atomic mass is 16.2. The molecule has 4 heteroatoms. The summed E-state index contributed by atoms with van der Waals surface area (Å²) in [6, 6.07) is 10.3. The summed E-state index contributed by atoms with van der Waals surface area (Å²) in [7, 11) is 0. The normalized spacial score (nSPS) is 14.9. The average molecular weight is 309 g/mol. The molecule has 0 aliphatic carbocycles. The third-order valence-electron chi connectivity index (χ3n) is 4.63. The first-order valence-corrected chi connectivity index (χ1v) is 8.13. The Morgan fingerprint density at radius 3 is 2.57 bits per heavy atom. The van der Waals surface area contributed by atoms with E-state index in [9.17, 15) is 4.79 Å². The van der Waals surface area contributed by atoms with Gasteiger partial charge < -0.3 is 9.80 Å². The summed E-state index contributed by atoms with van der Waals surface area (Å²) >= 11 is 0. The Morgan fingerprint density at radius 1 is 1.09 bits per heavy atom. The quantitative estimate of drug-likeness (QED) is 0.874. The molecule has 120 valence electrons. The van der Waals surface area contributed by atoms with Crippen molar-refractivity contribution in [2.24, 2.45) is 0 Å². The summed E-state index contributed by atoms with van der Waals surface area (Å²) < 4.78 is 0. The largest absolute Gasteiger partial charge is 0.368 e. The van der Waals surface area contributed by atoms with Crippen LogP contribution in [-0.2, 0) is 11.2 Å². The van der Waals surface area contributed by atoms with Crippen molar-refractivity contribution in [2.45, 2.75) is 20.3 Å². The van der Waals surface area contributed by atoms with Gasteiger partial charge in [-0.1, -0.05) is 18.2 Å². The molecule has 0 spiro atoms. The predicted octanol–water partition coefficient (Wildman–Crippen LogP) is 2.59. The lowest BCUT2D eigenvalue weighted by molar-refractivity contribution is -0.130. The van der Waals surface area contributed by atoms with E-state index in [1.165, 1.54) is 16.8 Å². The van der Waals surface area contributed by atoms with Gasteiger partial charge in [-0.3, -0.25) is 9.78 Å². The van der Waals surface area contributed by atoms with Gasteiger partial charge in [0.25, 0.3) is 0 Å². The second-order valence-electron chi connectivity index (χ2n) is 6.12. The molecule has 0 radical (unpaired) electrons. The Hall–Kier alpha value is -2.36. The van der Waals surface area contributed by atoms with Crippen molar-refractivity contribution in [3.8, 4) is 0 Å². The van der Waals surface area contributed by atoms with E-state index in [0.29, 0.717) is 6.42 Å². The number of hydrogen-bond donors (Lipinski definition) is 0. The maximum atomic E-state index is 12.4. The van der Waals surface area contributed by atoms with E-state index < -0.39 is 0 Å². The standard InChI is InChI=1S/C19H23N3O/c1-15-5-3-7-18(16(15)2)21-9-11-22(12-10-21)19(23)13-17-6-4-8-20-14-17/h3-8,14H,9-13H2,1-2H3. The third kappa shape index (κ3) is 3.52. The maximum absolute atomic E-state index is 12.4. The van der Waals surface area contributed by atoms with E-state index in [1.807, 2.05) is 17.0 Å². The van der Waals surface area contributed by atoms with Crippen molar-refractivity contribution in [3.63, 3.8) is 0 Å². The molecule has 0 atom stereocenters. The molecule has 0 saturated carbocycles. The molecule has 1 aromatic heterocycles. The fourth-order valence-electron chi connectivity index (χ4n) is 3.06. The van der Waals surface area contributed by atoms with Crippen LogP contribution in [0.4, 0.5) is 5.69 Å². The molecule has 0 bridgehead atoms. The lowest BCUT2D eigenvalue weighted by Gasteiger charge is -2.37. The van der Waals surface area contributed by atoms with Crippen molar-refractivity contribution in [3.05, 3.63) is 59.4 Å². The summed E-state index contributed by atoms with van der Waals surface area (Å²) in [5, 5.41) is 0. The number of carbonyl (C=O) groups excluding carboxylic acids is 1. The summed E-state index contributed by atoms with van der Waals surface area (Å²) in [6.45, 7) is 7.67. The molecule has 1 aliphatic rings. The highest BCUT2D eigenvalue weighted by Gasteiger charge is 2.22. The second kappa shape index (κ2) is 6.82. The molecule has 4 nitrogen and oxygen atoms in total. The number of pyridine rings is 1. The number of rotatable bonds is 3. The zero-order valence-corrected chi connectivity index (χ0v) is 13.8. The molecular formula is C19H23N3O. The van der Waals surface area contributed by atoms with Crippen molar-refractivity contribution in [2.75, 3.05) is 31.1 Å². The fraction of sp³-hybridized carbons (Fsp3) is 0.368. The fourth-order valence-corrected chi connectivity index (χ4v) is 3.06. The number of aromatic nitrogens is 1. The lowest BCUT2D eigenvalue weighted by atomic mass is 10.1. The van der Waals surface area contributed by atoms with Crippen LogP contribution in [0.1, 0.15) is 16.7 Å². The van der Waals surface area contributed by atoms with Crippen LogP contribution in [0.15, 0.2) is 42.7 Å². The number of amides is 1. The molecule has 23 heavy (non-hydrogen) atoms. The molecule has 1 saturated heterocycles. The number of nitrogens with zero attached hydrogens (tertiary/aromatic N) is 3. The summed E-state index contributed by atoms with van der Waals surface area (Å²) in [5.74, 6) is 0.193. The molecule has 0 N–H and O–H groups in total. The van der Waals surface area contributed by atoms with E-state index in [0.717, 1.165) is 31.7 Å². The first kappa shape index (κ1) is 15.5. The van der Waals surface area contributed by atoms with Gasteiger partial charge in [0, 0.05) is 44.3 Å². The Bertz CT molecular complexity index is 676. The van der Waals surface area contributed by atoms with E-state index in [4.69, 9.17) is 0 Å². The molecule has 2 aromatic rings. The van der Waals surface area contributed by atoms with Crippen LogP contribution in [0.5, 0.6) is 0 Å². The number of hydrogen-bond acceptors (Lipinski definition) is 3. The van der Waals surface area contributed by atoms with Crippen LogP contribution in [0.25, 0.3) is 0 Å². The van der Waals surface area contributed by atoms with Crippen molar-refractivity contribution >= 4 is 11.6 Å². The monoisotopic (exact) mass is 309 g/mol. The van der Waals surface area contributed by atoms with Crippen molar-refractivity contribution in [1.82, 2.24) is 9.88 Å². The molecule has 2 heterocycles. The van der Waals surface area contributed by atoms with E-state index in [-0.39, 0.29) is 5.91 Å². The SMILES string of the molecule is Cc1cccc(N2CCN(C(=O)Cc3cccnc3)CC2)c1C. The lowest BCUT2D eigenvalue weighted by Crippen LogP contribution is -2.49. The smallest absolute Gasteiger partial charge is 0.227 e. The number of piperazine rings is 1. The van der Waals surface area contributed by atoms with Crippen LogP contribution in [0, 0.1) is 13.8 Å². The highest BCUT2D eigenvalue weighted by molar-refractivity contribution is 5.79. The van der Waals surface area contributed by atoms with Gasteiger partial charge in [-0.25, -0.2) is 0 Å². The Kier molecular flexibility index (Phi) is 4.60. The van der Waals surface area contributed by atoms with E-state index in [2.05, 4.69) is 41.9 Å². The van der Waals surface area contributed by atoms with Crippen LogP contribution in [0.3, 0.4) is 0 Å². The Labute approximate surface area is 137 Å². The van der Waals surface area contributed by atoms with Crippen LogP contribution in [0.2, 0.25) is 0 Å². The number of benzene rings is 1.